The SMILES string of the molecule is COc1ccc(C(OC[C@H]2O[C@@H](n3ccc(N)nc3=O)[C@H](O)[C@@H]2O)(c2ccccc2)c2ccc(OC)cc2)cc1. The topological polar surface area (TPSA) is 138 Å². The third-order valence-electron chi connectivity index (χ3n) is 7.10. The van der Waals surface area contributed by atoms with Crippen molar-refractivity contribution in [2.45, 2.75) is 30.1 Å². The maximum atomic E-state index is 12.4. The van der Waals surface area contributed by atoms with Gasteiger partial charge in [-0.15, -0.1) is 0 Å². The van der Waals surface area contributed by atoms with Gasteiger partial charge in [0.05, 0.1) is 20.8 Å². The van der Waals surface area contributed by atoms with Gasteiger partial charge in [0.15, 0.2) is 6.23 Å². The largest absolute Gasteiger partial charge is 0.497 e. The van der Waals surface area contributed by atoms with Crippen LogP contribution in [-0.4, -0.2) is 58.9 Å². The average Bonchev–Trinajstić information content (AvgIpc) is 3.27. The summed E-state index contributed by atoms with van der Waals surface area (Å²) in [7, 11) is 3.20. The Hall–Kier alpha value is -4.22. The van der Waals surface area contributed by atoms with E-state index in [1.165, 1.54) is 12.3 Å². The molecule has 0 amide bonds. The molecule has 0 radical (unpaired) electrons. The highest BCUT2D eigenvalue weighted by atomic mass is 16.6. The summed E-state index contributed by atoms with van der Waals surface area (Å²) in [5.41, 5.74) is 6.18. The number of methoxy groups -OCH3 is 2. The summed E-state index contributed by atoms with van der Waals surface area (Å²) in [6.07, 6.45) is -3.50. The lowest BCUT2D eigenvalue weighted by molar-refractivity contribution is -0.0958. The standard InChI is InChI=1S/C30H31N3O7/c1-37-22-12-8-20(9-13-22)30(19-6-4-3-5-7-19,21-10-14-23(38-2)15-11-21)39-18-24-26(34)27(35)28(40-24)33-17-16-25(31)32-29(33)36/h3-17,24,26-28,34-35H,18H2,1-2H3,(H2,31,32,36)/t24-,26-,27-,28-/m1/s1. The Morgan fingerprint density at radius 3 is 1.93 bits per heavy atom. The number of nitrogens with two attached hydrogens (primary N) is 1. The van der Waals surface area contributed by atoms with Crippen LogP contribution in [0.3, 0.4) is 0 Å². The molecule has 1 aromatic heterocycles. The summed E-state index contributed by atoms with van der Waals surface area (Å²) < 4.78 is 24.6. The van der Waals surface area contributed by atoms with Crippen LogP contribution < -0.4 is 20.9 Å². The van der Waals surface area contributed by atoms with Crippen LogP contribution in [0.25, 0.3) is 0 Å². The van der Waals surface area contributed by atoms with E-state index in [4.69, 9.17) is 24.7 Å². The predicted molar refractivity (Wildman–Crippen MR) is 147 cm³/mol. The van der Waals surface area contributed by atoms with Gasteiger partial charge in [0.25, 0.3) is 0 Å². The molecule has 0 aliphatic carbocycles. The van der Waals surface area contributed by atoms with Crippen molar-refractivity contribution < 1.29 is 29.2 Å². The molecule has 1 aliphatic rings. The van der Waals surface area contributed by atoms with Crippen LogP contribution in [-0.2, 0) is 15.1 Å². The number of anilines is 1. The number of aromatic nitrogens is 2. The Balaban J connectivity index is 1.55. The highest BCUT2D eigenvalue weighted by molar-refractivity contribution is 5.49. The van der Waals surface area contributed by atoms with Gasteiger partial charge in [-0.3, -0.25) is 4.57 Å². The fraction of sp³-hybridized carbons (Fsp3) is 0.267. The number of benzene rings is 3. The molecule has 0 saturated carbocycles. The molecule has 10 heteroatoms. The first-order valence-electron chi connectivity index (χ1n) is 12.7. The van der Waals surface area contributed by atoms with E-state index in [2.05, 4.69) is 4.98 Å². The van der Waals surface area contributed by atoms with E-state index in [1.807, 2.05) is 78.9 Å². The molecule has 4 N–H and O–H groups in total. The van der Waals surface area contributed by atoms with Crippen LogP contribution in [0.5, 0.6) is 11.5 Å². The van der Waals surface area contributed by atoms with Crippen LogP contribution in [0, 0.1) is 0 Å². The molecule has 0 bridgehead atoms. The van der Waals surface area contributed by atoms with E-state index >= 15 is 0 Å². The fourth-order valence-corrected chi connectivity index (χ4v) is 5.00. The minimum absolute atomic E-state index is 0.0424. The molecule has 10 nitrogen and oxygen atoms in total. The Morgan fingerprint density at radius 1 is 0.850 bits per heavy atom. The van der Waals surface area contributed by atoms with E-state index < -0.39 is 35.8 Å². The van der Waals surface area contributed by atoms with Crippen molar-refractivity contribution in [2.75, 3.05) is 26.6 Å². The number of aliphatic hydroxyl groups excluding tert-OH is 2. The monoisotopic (exact) mass is 545 g/mol. The lowest BCUT2D eigenvalue weighted by atomic mass is 9.80. The van der Waals surface area contributed by atoms with Crippen molar-refractivity contribution in [2.24, 2.45) is 0 Å². The van der Waals surface area contributed by atoms with Crippen molar-refractivity contribution in [3.05, 3.63) is 118 Å². The second-order valence-electron chi connectivity index (χ2n) is 9.40. The second-order valence-corrected chi connectivity index (χ2v) is 9.40. The van der Waals surface area contributed by atoms with Gasteiger partial charge in [-0.2, -0.15) is 4.98 Å². The van der Waals surface area contributed by atoms with E-state index in [-0.39, 0.29) is 12.4 Å². The smallest absolute Gasteiger partial charge is 0.351 e. The third-order valence-corrected chi connectivity index (χ3v) is 7.10. The molecule has 2 heterocycles. The Morgan fingerprint density at radius 2 is 1.40 bits per heavy atom. The second kappa shape index (κ2) is 11.5. The quantitative estimate of drug-likeness (QED) is 0.271. The highest BCUT2D eigenvalue weighted by Gasteiger charge is 2.46. The van der Waals surface area contributed by atoms with Gasteiger partial charge in [-0.25, -0.2) is 4.79 Å². The van der Waals surface area contributed by atoms with E-state index in [1.54, 1.807) is 14.2 Å². The minimum atomic E-state index is -1.40. The summed E-state index contributed by atoms with van der Waals surface area (Å²) in [6, 6.07) is 26.1. The van der Waals surface area contributed by atoms with Crippen LogP contribution in [0.4, 0.5) is 5.82 Å². The van der Waals surface area contributed by atoms with Gasteiger partial charge in [-0.05, 0) is 47.0 Å². The van der Waals surface area contributed by atoms with Gasteiger partial charge in [-0.1, -0.05) is 54.6 Å². The number of hydrogen-bond donors (Lipinski definition) is 3. The number of nitrogens with zero attached hydrogens (tertiary/aromatic N) is 2. The van der Waals surface area contributed by atoms with Crippen LogP contribution in [0.1, 0.15) is 22.9 Å². The summed E-state index contributed by atoms with van der Waals surface area (Å²) in [5.74, 6) is 1.41. The summed E-state index contributed by atoms with van der Waals surface area (Å²) >= 11 is 0. The number of rotatable bonds is 9. The van der Waals surface area contributed by atoms with Gasteiger partial charge in [0, 0.05) is 6.20 Å². The van der Waals surface area contributed by atoms with Crippen molar-refractivity contribution in [1.82, 2.24) is 9.55 Å². The first-order valence-corrected chi connectivity index (χ1v) is 12.7. The van der Waals surface area contributed by atoms with E-state index in [0.717, 1.165) is 21.3 Å². The maximum Gasteiger partial charge on any atom is 0.351 e. The molecule has 3 aromatic carbocycles. The Kier molecular flexibility index (Phi) is 7.85. The molecule has 1 saturated heterocycles. The van der Waals surface area contributed by atoms with Crippen LogP contribution >= 0.6 is 0 Å². The van der Waals surface area contributed by atoms with Crippen molar-refractivity contribution in [3.63, 3.8) is 0 Å². The van der Waals surface area contributed by atoms with Gasteiger partial charge in [0.1, 0.15) is 41.2 Å². The summed E-state index contributed by atoms with van der Waals surface area (Å²) in [5, 5.41) is 21.7. The fourth-order valence-electron chi connectivity index (χ4n) is 5.00. The molecule has 40 heavy (non-hydrogen) atoms. The van der Waals surface area contributed by atoms with Gasteiger partial charge < -0.3 is 34.9 Å². The molecule has 1 aliphatic heterocycles. The molecule has 4 atom stereocenters. The predicted octanol–water partition coefficient (Wildman–Crippen LogP) is 2.47. The minimum Gasteiger partial charge on any atom is -0.497 e. The summed E-state index contributed by atoms with van der Waals surface area (Å²) in [4.78, 5) is 16.1. The summed E-state index contributed by atoms with van der Waals surface area (Å²) in [6.45, 7) is -0.126. The zero-order chi connectivity index (χ0) is 28.3. The van der Waals surface area contributed by atoms with Gasteiger partial charge in [0.2, 0.25) is 0 Å². The Bertz CT molecular complexity index is 1430. The molecule has 0 spiro atoms. The molecule has 1 fully saturated rings. The molecule has 208 valence electrons. The van der Waals surface area contributed by atoms with Crippen LogP contribution in [0.2, 0.25) is 0 Å². The van der Waals surface area contributed by atoms with Crippen molar-refractivity contribution in [3.8, 4) is 11.5 Å². The maximum absolute atomic E-state index is 12.4. The van der Waals surface area contributed by atoms with Gasteiger partial charge >= 0.3 is 5.69 Å². The molecule has 4 aromatic rings. The number of ether oxygens (including phenoxy) is 4. The molecule has 5 rings (SSSR count). The van der Waals surface area contributed by atoms with Crippen molar-refractivity contribution >= 4 is 5.82 Å². The zero-order valence-corrected chi connectivity index (χ0v) is 22.1. The zero-order valence-electron chi connectivity index (χ0n) is 22.1. The van der Waals surface area contributed by atoms with E-state index in [0.29, 0.717) is 11.5 Å². The first kappa shape index (κ1) is 27.4. The Labute approximate surface area is 231 Å². The van der Waals surface area contributed by atoms with Crippen molar-refractivity contribution in [1.29, 1.82) is 0 Å². The molecular formula is C30H31N3O7. The average molecular weight is 546 g/mol. The number of nitrogen functional groups attached to an aromatic ring is 1. The normalized spacial score (nSPS) is 20.8. The lowest BCUT2D eigenvalue weighted by Crippen LogP contribution is -2.39. The van der Waals surface area contributed by atoms with Crippen LogP contribution in [0.15, 0.2) is 95.9 Å². The lowest BCUT2D eigenvalue weighted by Gasteiger charge is -2.37. The molecule has 0 unspecified atom stereocenters. The first-order chi connectivity index (χ1) is 19.4. The number of aliphatic hydroxyl groups is 2. The van der Waals surface area contributed by atoms with E-state index in [9.17, 15) is 15.0 Å². The molecular weight excluding hydrogens is 514 g/mol. The number of hydrogen-bond acceptors (Lipinski definition) is 9. The third kappa shape index (κ3) is 5.05. The highest BCUT2D eigenvalue weighted by Crippen LogP contribution is 2.42.